The first-order valence-electron chi connectivity index (χ1n) is 13.1. The van der Waals surface area contributed by atoms with Crippen LogP contribution in [0, 0.1) is 0 Å². The molecule has 204 valence electrons. The Labute approximate surface area is 234 Å². The lowest BCUT2D eigenvalue weighted by Crippen LogP contribution is -2.42. The van der Waals surface area contributed by atoms with E-state index in [9.17, 15) is 14.4 Å². The van der Waals surface area contributed by atoms with E-state index in [1.54, 1.807) is 48.3 Å². The number of benzene rings is 3. The van der Waals surface area contributed by atoms with Crippen LogP contribution >= 0.6 is 11.6 Å². The van der Waals surface area contributed by atoms with E-state index in [1.165, 1.54) is 0 Å². The van der Waals surface area contributed by atoms with Gasteiger partial charge in [-0.2, -0.15) is 0 Å². The standard InChI is InChI=1S/C30H34ClN5O3/c1-3-32-30(39)36-16-8-15-35(17-18-36)27-14-13-24(29(38)34(2)21-22-9-5-4-6-10-22)20-26(27)33-28(37)23-11-7-12-25(31)19-23/h4-7,9-14,19-20H,3,8,15-18,21H2,1-2H3,(H,32,39)(H,33,37). The summed E-state index contributed by atoms with van der Waals surface area (Å²) in [6, 6.07) is 21.8. The maximum absolute atomic E-state index is 13.4. The number of anilines is 2. The number of halogens is 1. The molecule has 0 aliphatic carbocycles. The van der Waals surface area contributed by atoms with E-state index in [0.29, 0.717) is 61.1 Å². The molecule has 4 amide bonds. The molecule has 1 saturated heterocycles. The molecule has 0 aromatic heterocycles. The lowest BCUT2D eigenvalue weighted by atomic mass is 10.1. The molecule has 0 atom stereocenters. The number of carbonyl (C=O) groups is 3. The predicted molar refractivity (Wildman–Crippen MR) is 156 cm³/mol. The number of nitrogens with zero attached hydrogens (tertiary/aromatic N) is 3. The van der Waals surface area contributed by atoms with Gasteiger partial charge in [0.1, 0.15) is 0 Å². The summed E-state index contributed by atoms with van der Waals surface area (Å²) in [5.74, 6) is -0.471. The molecule has 39 heavy (non-hydrogen) atoms. The van der Waals surface area contributed by atoms with Crippen LogP contribution in [0.2, 0.25) is 5.02 Å². The lowest BCUT2D eigenvalue weighted by molar-refractivity contribution is 0.0784. The Morgan fingerprint density at radius 3 is 2.44 bits per heavy atom. The predicted octanol–water partition coefficient (Wildman–Crippen LogP) is 5.11. The fraction of sp³-hybridized carbons (Fsp3) is 0.300. The second kappa shape index (κ2) is 13.2. The van der Waals surface area contributed by atoms with Gasteiger partial charge in [0.15, 0.2) is 0 Å². The van der Waals surface area contributed by atoms with Gasteiger partial charge in [-0.25, -0.2) is 4.79 Å². The number of amides is 4. The zero-order valence-electron chi connectivity index (χ0n) is 22.3. The first kappa shape index (κ1) is 28.0. The first-order valence-corrected chi connectivity index (χ1v) is 13.5. The molecule has 0 radical (unpaired) electrons. The van der Waals surface area contributed by atoms with Gasteiger partial charge in [0.2, 0.25) is 0 Å². The van der Waals surface area contributed by atoms with Gasteiger partial charge in [0, 0.05) is 62.5 Å². The van der Waals surface area contributed by atoms with Gasteiger partial charge >= 0.3 is 6.03 Å². The SMILES string of the molecule is CCNC(=O)N1CCCN(c2ccc(C(=O)N(C)Cc3ccccc3)cc2NC(=O)c2cccc(Cl)c2)CC1. The summed E-state index contributed by atoms with van der Waals surface area (Å²) >= 11 is 6.12. The van der Waals surface area contributed by atoms with Crippen LogP contribution < -0.4 is 15.5 Å². The fourth-order valence-electron chi connectivity index (χ4n) is 4.64. The van der Waals surface area contributed by atoms with Gasteiger partial charge < -0.3 is 25.3 Å². The van der Waals surface area contributed by atoms with Crippen LogP contribution in [0.25, 0.3) is 0 Å². The van der Waals surface area contributed by atoms with Gasteiger partial charge in [0.05, 0.1) is 11.4 Å². The van der Waals surface area contributed by atoms with Gasteiger partial charge in [-0.05, 0) is 55.3 Å². The van der Waals surface area contributed by atoms with E-state index >= 15 is 0 Å². The van der Waals surface area contributed by atoms with Gasteiger partial charge in [0.25, 0.3) is 11.8 Å². The molecule has 0 spiro atoms. The number of hydrogen-bond donors (Lipinski definition) is 2. The minimum atomic E-state index is -0.320. The van der Waals surface area contributed by atoms with Crippen LogP contribution in [0.1, 0.15) is 39.6 Å². The van der Waals surface area contributed by atoms with E-state index in [4.69, 9.17) is 11.6 Å². The van der Waals surface area contributed by atoms with Crippen LogP contribution in [-0.4, -0.2) is 67.4 Å². The number of carbonyl (C=O) groups excluding carboxylic acids is 3. The van der Waals surface area contributed by atoms with Gasteiger partial charge in [-0.15, -0.1) is 0 Å². The van der Waals surface area contributed by atoms with E-state index in [0.717, 1.165) is 17.7 Å². The number of urea groups is 1. The van der Waals surface area contributed by atoms with E-state index in [2.05, 4.69) is 15.5 Å². The van der Waals surface area contributed by atoms with Crippen LogP contribution in [-0.2, 0) is 6.54 Å². The highest BCUT2D eigenvalue weighted by Gasteiger charge is 2.23. The van der Waals surface area contributed by atoms with Crippen LogP contribution in [0.5, 0.6) is 0 Å². The normalized spacial score (nSPS) is 13.4. The van der Waals surface area contributed by atoms with Crippen molar-refractivity contribution in [2.24, 2.45) is 0 Å². The van der Waals surface area contributed by atoms with Crippen molar-refractivity contribution in [3.05, 3.63) is 94.5 Å². The molecule has 3 aromatic carbocycles. The minimum absolute atomic E-state index is 0.0729. The van der Waals surface area contributed by atoms with Crippen molar-refractivity contribution in [1.29, 1.82) is 0 Å². The minimum Gasteiger partial charge on any atom is -0.368 e. The molecule has 1 fully saturated rings. The molecular weight excluding hydrogens is 514 g/mol. The third kappa shape index (κ3) is 7.29. The molecule has 8 nitrogen and oxygen atoms in total. The fourth-order valence-corrected chi connectivity index (χ4v) is 4.83. The van der Waals surface area contributed by atoms with E-state index in [-0.39, 0.29) is 17.8 Å². The quantitative estimate of drug-likeness (QED) is 0.431. The molecule has 9 heteroatoms. The third-order valence-electron chi connectivity index (χ3n) is 6.64. The topological polar surface area (TPSA) is 85.0 Å². The van der Waals surface area contributed by atoms with Crippen molar-refractivity contribution < 1.29 is 14.4 Å². The molecule has 2 N–H and O–H groups in total. The van der Waals surface area contributed by atoms with Crippen LogP contribution in [0.15, 0.2) is 72.8 Å². The summed E-state index contributed by atoms with van der Waals surface area (Å²) in [5, 5.41) is 6.34. The lowest BCUT2D eigenvalue weighted by Gasteiger charge is -2.27. The average molecular weight is 548 g/mol. The Balaban J connectivity index is 1.60. The second-order valence-corrected chi connectivity index (χ2v) is 9.94. The first-order chi connectivity index (χ1) is 18.9. The van der Waals surface area contributed by atoms with Crippen LogP contribution in [0.4, 0.5) is 16.2 Å². The summed E-state index contributed by atoms with van der Waals surface area (Å²) < 4.78 is 0. The molecular formula is C30H34ClN5O3. The van der Waals surface area contributed by atoms with Crippen molar-refractivity contribution in [3.8, 4) is 0 Å². The molecule has 1 aliphatic heterocycles. The summed E-state index contributed by atoms with van der Waals surface area (Å²) in [6.45, 7) is 5.44. The van der Waals surface area contributed by atoms with E-state index < -0.39 is 0 Å². The Bertz CT molecular complexity index is 1320. The van der Waals surface area contributed by atoms with E-state index in [1.807, 2.05) is 48.2 Å². The molecule has 0 bridgehead atoms. The summed E-state index contributed by atoms with van der Waals surface area (Å²) in [7, 11) is 1.76. The molecule has 0 saturated carbocycles. The summed E-state index contributed by atoms with van der Waals surface area (Å²) in [6.07, 6.45) is 0.777. The molecule has 3 aromatic rings. The largest absolute Gasteiger partial charge is 0.368 e. The molecule has 4 rings (SSSR count). The zero-order valence-corrected chi connectivity index (χ0v) is 23.1. The summed E-state index contributed by atoms with van der Waals surface area (Å²) in [5.41, 5.74) is 3.25. The Hall–Kier alpha value is -4.04. The summed E-state index contributed by atoms with van der Waals surface area (Å²) in [4.78, 5) is 44.6. The number of hydrogen-bond acceptors (Lipinski definition) is 4. The highest BCUT2D eigenvalue weighted by atomic mass is 35.5. The maximum atomic E-state index is 13.4. The van der Waals surface area contributed by atoms with Crippen molar-refractivity contribution in [2.75, 3.05) is 50.0 Å². The Morgan fingerprint density at radius 1 is 0.897 bits per heavy atom. The van der Waals surface area contributed by atoms with Crippen molar-refractivity contribution in [3.63, 3.8) is 0 Å². The average Bonchev–Trinajstić information content (AvgIpc) is 3.20. The Morgan fingerprint density at radius 2 is 1.69 bits per heavy atom. The monoisotopic (exact) mass is 547 g/mol. The van der Waals surface area contributed by atoms with Crippen molar-refractivity contribution in [2.45, 2.75) is 19.9 Å². The van der Waals surface area contributed by atoms with Crippen LogP contribution in [0.3, 0.4) is 0 Å². The van der Waals surface area contributed by atoms with Gasteiger partial charge in [-0.3, -0.25) is 9.59 Å². The maximum Gasteiger partial charge on any atom is 0.317 e. The molecule has 0 unspecified atom stereocenters. The second-order valence-electron chi connectivity index (χ2n) is 9.51. The van der Waals surface area contributed by atoms with Crippen molar-refractivity contribution in [1.82, 2.24) is 15.1 Å². The smallest absolute Gasteiger partial charge is 0.317 e. The Kier molecular flexibility index (Phi) is 9.44. The third-order valence-corrected chi connectivity index (χ3v) is 6.87. The number of nitrogens with one attached hydrogen (secondary N) is 2. The van der Waals surface area contributed by atoms with Gasteiger partial charge in [-0.1, -0.05) is 48.0 Å². The molecule has 1 heterocycles. The highest BCUT2D eigenvalue weighted by Crippen LogP contribution is 2.30. The zero-order chi connectivity index (χ0) is 27.8. The van der Waals surface area contributed by atoms with Crippen molar-refractivity contribution >= 4 is 40.8 Å². The molecule has 1 aliphatic rings. The highest BCUT2D eigenvalue weighted by molar-refractivity contribution is 6.31. The number of rotatable bonds is 7.